The maximum absolute atomic E-state index is 5.90. The Bertz CT molecular complexity index is 284. The van der Waals surface area contributed by atoms with Crippen LogP contribution in [0.15, 0.2) is 18.5 Å². The SMILES string of the molecule is COCCOCCNc1ccncc1Cl. The molecule has 0 aromatic carbocycles. The van der Waals surface area contributed by atoms with Crippen LogP contribution in [0.5, 0.6) is 0 Å². The standard InChI is InChI=1S/C10H15ClN2O2/c1-14-6-7-15-5-4-13-10-2-3-12-8-9(10)11/h2-3,8H,4-7H2,1H3,(H,12,13). The van der Waals surface area contributed by atoms with Crippen LogP contribution in [-0.4, -0.2) is 38.5 Å². The minimum atomic E-state index is 0.613. The molecule has 0 spiro atoms. The minimum Gasteiger partial charge on any atom is -0.382 e. The van der Waals surface area contributed by atoms with Gasteiger partial charge in [-0.1, -0.05) is 11.6 Å². The van der Waals surface area contributed by atoms with E-state index in [0.29, 0.717) is 31.4 Å². The first-order valence-electron chi connectivity index (χ1n) is 4.74. The summed E-state index contributed by atoms with van der Waals surface area (Å²) in [7, 11) is 1.65. The molecule has 0 aliphatic rings. The Hall–Kier alpha value is -0.840. The summed E-state index contributed by atoms with van der Waals surface area (Å²) in [6, 6.07) is 1.83. The van der Waals surface area contributed by atoms with Crippen LogP contribution in [0.2, 0.25) is 5.02 Å². The van der Waals surface area contributed by atoms with Crippen LogP contribution in [0.4, 0.5) is 5.69 Å². The molecule has 0 bridgehead atoms. The summed E-state index contributed by atoms with van der Waals surface area (Å²) in [5, 5.41) is 3.77. The van der Waals surface area contributed by atoms with E-state index in [1.54, 1.807) is 19.5 Å². The topological polar surface area (TPSA) is 43.4 Å². The smallest absolute Gasteiger partial charge is 0.0820 e. The van der Waals surface area contributed by atoms with E-state index in [-0.39, 0.29) is 0 Å². The van der Waals surface area contributed by atoms with Crippen molar-refractivity contribution in [2.75, 3.05) is 38.8 Å². The second kappa shape index (κ2) is 7.45. The van der Waals surface area contributed by atoms with Crippen LogP contribution in [-0.2, 0) is 9.47 Å². The van der Waals surface area contributed by atoms with Crippen molar-refractivity contribution in [1.82, 2.24) is 4.98 Å². The number of ether oxygens (including phenoxy) is 2. The van der Waals surface area contributed by atoms with Gasteiger partial charge in [0.1, 0.15) is 0 Å². The number of hydrogen-bond acceptors (Lipinski definition) is 4. The van der Waals surface area contributed by atoms with Crippen LogP contribution in [0.3, 0.4) is 0 Å². The molecule has 0 aliphatic carbocycles. The monoisotopic (exact) mass is 230 g/mol. The Morgan fingerprint density at radius 3 is 3.00 bits per heavy atom. The van der Waals surface area contributed by atoms with Crippen LogP contribution in [0, 0.1) is 0 Å². The molecule has 84 valence electrons. The summed E-state index contributed by atoms with van der Waals surface area (Å²) >= 11 is 5.90. The molecule has 1 aromatic rings. The molecule has 1 aromatic heterocycles. The third kappa shape index (κ3) is 4.97. The van der Waals surface area contributed by atoms with E-state index in [1.165, 1.54) is 0 Å². The van der Waals surface area contributed by atoms with Gasteiger partial charge in [-0.3, -0.25) is 4.98 Å². The lowest BCUT2D eigenvalue weighted by molar-refractivity contribution is 0.0759. The van der Waals surface area contributed by atoms with Crippen LogP contribution in [0.1, 0.15) is 0 Å². The van der Waals surface area contributed by atoms with Gasteiger partial charge in [-0.05, 0) is 6.07 Å². The summed E-state index contributed by atoms with van der Waals surface area (Å²) in [6.45, 7) is 2.58. The predicted octanol–water partition coefficient (Wildman–Crippen LogP) is 1.81. The fraction of sp³-hybridized carbons (Fsp3) is 0.500. The number of hydrogen-bond donors (Lipinski definition) is 1. The zero-order valence-electron chi connectivity index (χ0n) is 8.70. The molecule has 0 unspecified atom stereocenters. The molecule has 0 atom stereocenters. The minimum absolute atomic E-state index is 0.613. The number of nitrogens with one attached hydrogen (secondary N) is 1. The van der Waals surface area contributed by atoms with Crippen molar-refractivity contribution in [3.8, 4) is 0 Å². The summed E-state index contributed by atoms with van der Waals surface area (Å²) < 4.78 is 10.1. The highest BCUT2D eigenvalue weighted by Crippen LogP contribution is 2.18. The van der Waals surface area contributed by atoms with Gasteiger partial charge in [-0.25, -0.2) is 0 Å². The number of aromatic nitrogens is 1. The lowest BCUT2D eigenvalue weighted by Crippen LogP contribution is -2.12. The second-order valence-electron chi connectivity index (χ2n) is 2.89. The maximum Gasteiger partial charge on any atom is 0.0820 e. The Labute approximate surface area is 94.6 Å². The maximum atomic E-state index is 5.90. The normalized spacial score (nSPS) is 10.3. The molecule has 15 heavy (non-hydrogen) atoms. The first-order chi connectivity index (χ1) is 7.34. The van der Waals surface area contributed by atoms with Gasteiger partial charge >= 0.3 is 0 Å². The van der Waals surface area contributed by atoms with Crippen LogP contribution >= 0.6 is 11.6 Å². The molecular formula is C10H15ClN2O2. The van der Waals surface area contributed by atoms with Gasteiger partial charge in [0.2, 0.25) is 0 Å². The van der Waals surface area contributed by atoms with Gasteiger partial charge in [-0.2, -0.15) is 0 Å². The highest BCUT2D eigenvalue weighted by atomic mass is 35.5. The van der Waals surface area contributed by atoms with E-state index in [4.69, 9.17) is 21.1 Å². The Balaban J connectivity index is 2.12. The van der Waals surface area contributed by atoms with E-state index < -0.39 is 0 Å². The molecule has 4 nitrogen and oxygen atoms in total. The molecule has 0 saturated heterocycles. The molecule has 1 heterocycles. The lowest BCUT2D eigenvalue weighted by Gasteiger charge is -2.07. The van der Waals surface area contributed by atoms with Crippen molar-refractivity contribution >= 4 is 17.3 Å². The molecule has 0 radical (unpaired) electrons. The first-order valence-corrected chi connectivity index (χ1v) is 5.12. The fourth-order valence-electron chi connectivity index (χ4n) is 1.02. The third-order valence-corrected chi connectivity index (χ3v) is 2.07. The molecule has 1 N–H and O–H groups in total. The quantitative estimate of drug-likeness (QED) is 0.726. The van der Waals surface area contributed by atoms with Crippen LogP contribution < -0.4 is 5.32 Å². The van der Waals surface area contributed by atoms with E-state index in [0.717, 1.165) is 5.69 Å². The highest BCUT2D eigenvalue weighted by Gasteiger charge is 1.97. The van der Waals surface area contributed by atoms with Crippen molar-refractivity contribution in [3.63, 3.8) is 0 Å². The molecule has 1 rings (SSSR count). The van der Waals surface area contributed by atoms with Crippen molar-refractivity contribution in [2.24, 2.45) is 0 Å². The van der Waals surface area contributed by atoms with Crippen molar-refractivity contribution in [3.05, 3.63) is 23.5 Å². The number of nitrogens with zero attached hydrogens (tertiary/aromatic N) is 1. The Kier molecular flexibility index (Phi) is 6.08. The van der Waals surface area contributed by atoms with E-state index in [9.17, 15) is 0 Å². The van der Waals surface area contributed by atoms with Gasteiger partial charge in [0.15, 0.2) is 0 Å². The lowest BCUT2D eigenvalue weighted by atomic mass is 10.4. The van der Waals surface area contributed by atoms with E-state index in [1.807, 2.05) is 6.07 Å². The zero-order chi connectivity index (χ0) is 10.9. The third-order valence-electron chi connectivity index (χ3n) is 1.77. The van der Waals surface area contributed by atoms with Gasteiger partial charge in [-0.15, -0.1) is 0 Å². The van der Waals surface area contributed by atoms with E-state index >= 15 is 0 Å². The number of anilines is 1. The van der Waals surface area contributed by atoms with Crippen molar-refractivity contribution in [1.29, 1.82) is 0 Å². The molecular weight excluding hydrogens is 216 g/mol. The summed E-state index contributed by atoms with van der Waals surface area (Å²) in [5.74, 6) is 0. The number of rotatable bonds is 7. The Morgan fingerprint density at radius 2 is 2.27 bits per heavy atom. The zero-order valence-corrected chi connectivity index (χ0v) is 9.46. The highest BCUT2D eigenvalue weighted by molar-refractivity contribution is 6.33. The van der Waals surface area contributed by atoms with Crippen molar-refractivity contribution < 1.29 is 9.47 Å². The summed E-state index contributed by atoms with van der Waals surface area (Å²) in [4.78, 5) is 3.89. The van der Waals surface area contributed by atoms with Gasteiger partial charge < -0.3 is 14.8 Å². The van der Waals surface area contributed by atoms with Gasteiger partial charge in [0.05, 0.1) is 30.5 Å². The molecule has 5 heteroatoms. The fourth-order valence-corrected chi connectivity index (χ4v) is 1.21. The average molecular weight is 231 g/mol. The van der Waals surface area contributed by atoms with Crippen LogP contribution in [0.25, 0.3) is 0 Å². The number of methoxy groups -OCH3 is 1. The molecule has 0 amide bonds. The molecule has 0 saturated carbocycles. The van der Waals surface area contributed by atoms with Gasteiger partial charge in [0, 0.05) is 26.0 Å². The van der Waals surface area contributed by atoms with Gasteiger partial charge in [0.25, 0.3) is 0 Å². The predicted molar refractivity (Wildman–Crippen MR) is 60.4 cm³/mol. The number of pyridine rings is 1. The Morgan fingerprint density at radius 1 is 1.40 bits per heavy atom. The first kappa shape index (κ1) is 12.2. The molecule has 0 aliphatic heterocycles. The number of halogens is 1. The summed E-state index contributed by atoms with van der Waals surface area (Å²) in [6.07, 6.45) is 3.30. The van der Waals surface area contributed by atoms with Crippen molar-refractivity contribution in [2.45, 2.75) is 0 Å². The average Bonchev–Trinajstić information content (AvgIpc) is 2.25. The second-order valence-corrected chi connectivity index (χ2v) is 3.29. The molecule has 0 fully saturated rings. The van der Waals surface area contributed by atoms with E-state index in [2.05, 4.69) is 10.3 Å². The largest absolute Gasteiger partial charge is 0.382 e. The summed E-state index contributed by atoms with van der Waals surface area (Å²) in [5.41, 5.74) is 0.877.